The molecule has 1 aromatic carbocycles. The second kappa shape index (κ2) is 9.18. The average molecular weight is 443 g/mol. The van der Waals surface area contributed by atoms with E-state index in [0.717, 1.165) is 30.5 Å². The van der Waals surface area contributed by atoms with Crippen LogP contribution in [0, 0.1) is 12.7 Å². The fourth-order valence-electron chi connectivity index (χ4n) is 4.02. The Morgan fingerprint density at radius 2 is 1.84 bits per heavy atom. The van der Waals surface area contributed by atoms with Gasteiger partial charge in [-0.3, -0.25) is 14.2 Å². The van der Waals surface area contributed by atoms with Gasteiger partial charge in [0.1, 0.15) is 10.6 Å². The van der Waals surface area contributed by atoms with Crippen LogP contribution < -0.4 is 10.5 Å². The molecule has 0 spiro atoms. The molecule has 1 amide bonds. The summed E-state index contributed by atoms with van der Waals surface area (Å²) in [5.74, 6) is -0.299. The molecule has 1 fully saturated rings. The van der Waals surface area contributed by atoms with Crippen molar-refractivity contribution < 1.29 is 9.18 Å². The highest BCUT2D eigenvalue weighted by Crippen LogP contribution is 2.28. The van der Waals surface area contributed by atoms with Gasteiger partial charge in [0.15, 0.2) is 0 Å². The highest BCUT2D eigenvalue weighted by Gasteiger charge is 2.26. The summed E-state index contributed by atoms with van der Waals surface area (Å²) in [7, 11) is 0. The van der Waals surface area contributed by atoms with Crippen LogP contribution in [0.25, 0.3) is 10.2 Å². The Morgan fingerprint density at radius 1 is 1.13 bits per heavy atom. The monoisotopic (exact) mass is 442 g/mol. The maximum absolute atomic E-state index is 13.2. The van der Waals surface area contributed by atoms with E-state index in [-0.39, 0.29) is 17.3 Å². The topological polar surface area (TPSA) is 58.4 Å². The molecule has 1 saturated heterocycles. The molecule has 3 heterocycles. The molecular weight excluding hydrogens is 415 g/mol. The first-order valence-electron chi connectivity index (χ1n) is 10.8. The summed E-state index contributed by atoms with van der Waals surface area (Å²) in [5, 5.41) is 0.567. The molecule has 2 aromatic heterocycles. The maximum atomic E-state index is 13.2. The lowest BCUT2D eigenvalue weighted by Crippen LogP contribution is -2.48. The fourth-order valence-corrected chi connectivity index (χ4v) is 5.13. The van der Waals surface area contributed by atoms with Crippen LogP contribution in [0.3, 0.4) is 0 Å². The summed E-state index contributed by atoms with van der Waals surface area (Å²) in [5.41, 5.74) is 1.63. The van der Waals surface area contributed by atoms with Gasteiger partial charge in [-0.15, -0.1) is 11.3 Å². The summed E-state index contributed by atoms with van der Waals surface area (Å²) in [6.45, 7) is 7.16. The molecule has 1 aliphatic rings. The van der Waals surface area contributed by atoms with E-state index < -0.39 is 0 Å². The molecule has 0 bridgehead atoms. The van der Waals surface area contributed by atoms with Crippen molar-refractivity contribution in [1.29, 1.82) is 0 Å². The van der Waals surface area contributed by atoms with Crippen molar-refractivity contribution in [3.8, 4) is 0 Å². The van der Waals surface area contributed by atoms with Crippen LogP contribution >= 0.6 is 11.3 Å². The Bertz CT molecular complexity index is 1130. The van der Waals surface area contributed by atoms with E-state index in [4.69, 9.17) is 0 Å². The summed E-state index contributed by atoms with van der Waals surface area (Å²) < 4.78 is 14.8. The zero-order valence-corrected chi connectivity index (χ0v) is 18.8. The molecule has 164 valence electrons. The highest BCUT2D eigenvalue weighted by molar-refractivity contribution is 7.20. The van der Waals surface area contributed by atoms with Crippen molar-refractivity contribution in [2.45, 2.75) is 39.7 Å². The number of amides is 1. The fraction of sp³-hybridized carbons (Fsp3) is 0.435. The second-order valence-electron chi connectivity index (χ2n) is 7.94. The van der Waals surface area contributed by atoms with Crippen molar-refractivity contribution >= 4 is 33.1 Å². The van der Waals surface area contributed by atoms with Gasteiger partial charge in [-0.05, 0) is 43.2 Å². The van der Waals surface area contributed by atoms with E-state index in [0.29, 0.717) is 47.8 Å². The third-order valence-corrected chi connectivity index (χ3v) is 7.06. The van der Waals surface area contributed by atoms with Gasteiger partial charge in [0.05, 0.1) is 16.6 Å². The lowest BCUT2D eigenvalue weighted by molar-refractivity contribution is 0.0751. The number of anilines is 1. The predicted octanol–water partition coefficient (Wildman–Crippen LogP) is 4.06. The number of benzene rings is 1. The van der Waals surface area contributed by atoms with Crippen LogP contribution in [-0.2, 0) is 6.54 Å². The molecule has 0 radical (unpaired) electrons. The van der Waals surface area contributed by atoms with Crippen molar-refractivity contribution in [1.82, 2.24) is 14.5 Å². The number of hydrogen-bond acceptors (Lipinski definition) is 5. The largest absolute Gasteiger partial charge is 0.368 e. The van der Waals surface area contributed by atoms with Crippen LogP contribution in [0.15, 0.2) is 35.4 Å². The molecule has 6 nitrogen and oxygen atoms in total. The minimum Gasteiger partial charge on any atom is -0.368 e. The number of hydrogen-bond donors (Lipinski definition) is 0. The first-order chi connectivity index (χ1) is 15.0. The van der Waals surface area contributed by atoms with Crippen LogP contribution in [0.1, 0.15) is 41.4 Å². The van der Waals surface area contributed by atoms with Crippen molar-refractivity contribution in [2.24, 2.45) is 0 Å². The highest BCUT2D eigenvalue weighted by atomic mass is 32.1. The quantitative estimate of drug-likeness (QED) is 0.540. The van der Waals surface area contributed by atoms with Crippen LogP contribution in [0.2, 0.25) is 0 Å². The molecule has 4 rings (SSSR count). The number of unbranched alkanes of at least 4 members (excludes halogenated alkanes) is 2. The Kier molecular flexibility index (Phi) is 6.36. The number of piperazine rings is 1. The molecule has 8 heteroatoms. The van der Waals surface area contributed by atoms with Gasteiger partial charge < -0.3 is 9.80 Å². The minimum atomic E-state index is -0.254. The van der Waals surface area contributed by atoms with Crippen molar-refractivity contribution in [3.05, 3.63) is 57.2 Å². The third-order valence-electron chi connectivity index (χ3n) is 5.87. The van der Waals surface area contributed by atoms with Gasteiger partial charge >= 0.3 is 0 Å². The molecule has 0 saturated carbocycles. The van der Waals surface area contributed by atoms with E-state index in [1.54, 1.807) is 23.0 Å². The van der Waals surface area contributed by atoms with Crippen molar-refractivity contribution in [3.63, 3.8) is 0 Å². The Morgan fingerprint density at radius 3 is 2.52 bits per heavy atom. The molecule has 0 unspecified atom stereocenters. The number of fused-ring (bicyclic) bond motifs is 1. The van der Waals surface area contributed by atoms with Gasteiger partial charge in [0, 0.05) is 38.4 Å². The molecule has 0 atom stereocenters. The number of rotatable bonds is 6. The summed E-state index contributed by atoms with van der Waals surface area (Å²) >= 11 is 1.30. The summed E-state index contributed by atoms with van der Waals surface area (Å²) in [6.07, 6.45) is 4.71. The van der Waals surface area contributed by atoms with Crippen LogP contribution in [-0.4, -0.2) is 46.5 Å². The molecule has 31 heavy (non-hydrogen) atoms. The normalized spacial score (nSPS) is 14.4. The van der Waals surface area contributed by atoms with Crippen LogP contribution in [0.4, 0.5) is 10.1 Å². The minimum absolute atomic E-state index is 0.0452. The Balaban J connectivity index is 1.50. The number of aryl methyl sites for hydroxylation is 2. The van der Waals surface area contributed by atoms with E-state index in [2.05, 4.69) is 16.8 Å². The molecule has 1 aliphatic heterocycles. The number of carbonyl (C=O) groups excluding carboxylic acids is 1. The third kappa shape index (κ3) is 4.35. The number of carbonyl (C=O) groups is 1. The maximum Gasteiger partial charge on any atom is 0.264 e. The smallest absolute Gasteiger partial charge is 0.264 e. The first kappa shape index (κ1) is 21.5. The Labute approximate surface area is 184 Å². The SMILES string of the molecule is CCCCCn1cnc2sc(C(=O)N3CCN(c4ccc(F)cc4)CC3)c(C)c2c1=O. The van der Waals surface area contributed by atoms with Gasteiger partial charge in [-0.2, -0.15) is 0 Å². The molecule has 0 aliphatic carbocycles. The average Bonchev–Trinajstić information content (AvgIpc) is 3.13. The van der Waals surface area contributed by atoms with E-state index in [1.807, 2.05) is 11.8 Å². The zero-order valence-electron chi connectivity index (χ0n) is 17.9. The van der Waals surface area contributed by atoms with Crippen LogP contribution in [0.5, 0.6) is 0 Å². The van der Waals surface area contributed by atoms with Crippen molar-refractivity contribution in [2.75, 3.05) is 31.1 Å². The van der Waals surface area contributed by atoms with E-state index >= 15 is 0 Å². The zero-order chi connectivity index (χ0) is 22.0. The van der Waals surface area contributed by atoms with E-state index in [1.165, 1.54) is 23.5 Å². The molecule has 3 aromatic rings. The number of halogens is 1. The number of nitrogens with zero attached hydrogens (tertiary/aromatic N) is 4. The molecular formula is C23H27FN4O2S. The second-order valence-corrected chi connectivity index (χ2v) is 8.94. The van der Waals surface area contributed by atoms with Gasteiger partial charge in [0.2, 0.25) is 0 Å². The standard InChI is InChI=1S/C23H27FN4O2S/c1-3-4-5-10-28-15-25-21-19(22(28)29)16(2)20(31-21)23(30)27-13-11-26(12-14-27)18-8-6-17(24)7-9-18/h6-9,15H,3-5,10-14H2,1-2H3. The Hall–Kier alpha value is -2.74. The number of aromatic nitrogens is 2. The summed E-state index contributed by atoms with van der Waals surface area (Å²) in [6, 6.07) is 6.44. The molecule has 0 N–H and O–H groups in total. The van der Waals surface area contributed by atoms with E-state index in [9.17, 15) is 14.0 Å². The summed E-state index contributed by atoms with van der Waals surface area (Å²) in [4.78, 5) is 35.8. The van der Waals surface area contributed by atoms with Gasteiger partial charge in [-0.1, -0.05) is 19.8 Å². The lowest BCUT2D eigenvalue weighted by atomic mass is 10.2. The first-order valence-corrected chi connectivity index (χ1v) is 11.6. The van der Waals surface area contributed by atoms with Gasteiger partial charge in [-0.25, -0.2) is 9.37 Å². The van der Waals surface area contributed by atoms with Gasteiger partial charge in [0.25, 0.3) is 11.5 Å². The predicted molar refractivity (Wildman–Crippen MR) is 123 cm³/mol. The number of thiophene rings is 1. The lowest BCUT2D eigenvalue weighted by Gasteiger charge is -2.36.